The Morgan fingerprint density at radius 3 is 2.84 bits per heavy atom. The van der Waals surface area contributed by atoms with Crippen LogP contribution >= 0.6 is 0 Å². The van der Waals surface area contributed by atoms with Crippen LogP contribution in [-0.4, -0.2) is 49.1 Å². The predicted octanol–water partition coefficient (Wildman–Crippen LogP) is 1.05. The van der Waals surface area contributed by atoms with E-state index in [1.165, 1.54) is 6.07 Å². The fraction of sp³-hybridized carbons (Fsp3) is 0.500. The third kappa shape index (κ3) is 3.87. The van der Waals surface area contributed by atoms with Crippen molar-refractivity contribution in [3.8, 4) is 0 Å². The zero-order valence-electron chi connectivity index (χ0n) is 10.6. The molecule has 0 atom stereocenters. The van der Waals surface area contributed by atoms with Gasteiger partial charge in [-0.1, -0.05) is 0 Å². The Hall–Kier alpha value is -1.73. The molecule has 0 aromatic heterocycles. The largest absolute Gasteiger partial charge is 0.378 e. The second-order valence-electron chi connectivity index (χ2n) is 4.44. The number of halogens is 1. The van der Waals surface area contributed by atoms with Gasteiger partial charge in [0.1, 0.15) is 11.5 Å². The van der Waals surface area contributed by atoms with E-state index in [-0.39, 0.29) is 11.4 Å². The van der Waals surface area contributed by atoms with E-state index < -0.39 is 10.7 Å². The number of benzene rings is 1. The van der Waals surface area contributed by atoms with Gasteiger partial charge >= 0.3 is 0 Å². The lowest BCUT2D eigenvalue weighted by Gasteiger charge is -2.27. The molecule has 6 nitrogen and oxygen atoms in total. The van der Waals surface area contributed by atoms with Crippen molar-refractivity contribution in [3.63, 3.8) is 0 Å². The van der Waals surface area contributed by atoms with Crippen molar-refractivity contribution in [2.45, 2.75) is 0 Å². The third-order valence-electron chi connectivity index (χ3n) is 3.11. The molecule has 1 heterocycles. The van der Waals surface area contributed by atoms with Crippen LogP contribution in [0.25, 0.3) is 0 Å². The molecule has 0 radical (unpaired) electrons. The minimum atomic E-state index is -0.507. The molecule has 1 aliphatic heterocycles. The fourth-order valence-corrected chi connectivity index (χ4v) is 2.09. The van der Waals surface area contributed by atoms with Gasteiger partial charge in [0.15, 0.2) is 0 Å². The van der Waals surface area contributed by atoms with Crippen LogP contribution in [-0.2, 0) is 0 Å². The van der Waals surface area contributed by atoms with E-state index >= 15 is 0 Å². The Labute approximate surface area is 110 Å². The van der Waals surface area contributed by atoms with E-state index in [0.717, 1.165) is 44.9 Å². The van der Waals surface area contributed by atoms with Gasteiger partial charge in [0.05, 0.1) is 4.92 Å². The molecule has 104 valence electrons. The second-order valence-corrected chi connectivity index (χ2v) is 4.44. The highest BCUT2D eigenvalue weighted by Crippen LogP contribution is 2.24. The zero-order valence-corrected chi connectivity index (χ0v) is 10.6. The van der Waals surface area contributed by atoms with Gasteiger partial charge in [-0.15, -0.1) is 0 Å². The fourth-order valence-electron chi connectivity index (χ4n) is 2.09. The SMILES string of the molecule is O=[N+]([O-])c1ccc(F)cc1NCCN1CCNCC1. The molecule has 19 heavy (non-hydrogen) atoms. The summed E-state index contributed by atoms with van der Waals surface area (Å²) in [5.74, 6) is -0.477. The first-order chi connectivity index (χ1) is 9.16. The zero-order chi connectivity index (χ0) is 13.7. The average molecular weight is 268 g/mol. The number of hydrogen-bond acceptors (Lipinski definition) is 5. The predicted molar refractivity (Wildman–Crippen MR) is 70.9 cm³/mol. The minimum Gasteiger partial charge on any atom is -0.378 e. The number of nitro benzene ring substituents is 1. The molecule has 0 unspecified atom stereocenters. The van der Waals surface area contributed by atoms with Gasteiger partial charge in [-0.05, 0) is 6.07 Å². The van der Waals surface area contributed by atoms with Crippen LogP contribution in [0.5, 0.6) is 0 Å². The highest BCUT2D eigenvalue weighted by atomic mass is 19.1. The minimum absolute atomic E-state index is 0.0956. The standard InChI is InChI=1S/C12H17FN4O2/c13-10-1-2-12(17(18)19)11(9-10)15-5-8-16-6-3-14-4-7-16/h1-2,9,14-15H,3-8H2. The Morgan fingerprint density at radius 2 is 2.16 bits per heavy atom. The summed E-state index contributed by atoms with van der Waals surface area (Å²) >= 11 is 0. The van der Waals surface area contributed by atoms with Crippen LogP contribution in [0.4, 0.5) is 15.8 Å². The number of anilines is 1. The molecule has 2 rings (SSSR count). The third-order valence-corrected chi connectivity index (χ3v) is 3.11. The Bertz CT molecular complexity index is 449. The van der Waals surface area contributed by atoms with Gasteiger partial charge in [-0.2, -0.15) is 0 Å². The van der Waals surface area contributed by atoms with Crippen LogP contribution in [0.1, 0.15) is 0 Å². The number of nitro groups is 1. The Morgan fingerprint density at radius 1 is 1.42 bits per heavy atom. The molecule has 1 fully saturated rings. The molecule has 2 N–H and O–H groups in total. The van der Waals surface area contributed by atoms with Gasteiger partial charge in [0, 0.05) is 51.4 Å². The average Bonchev–Trinajstić information content (AvgIpc) is 2.39. The molecule has 0 bridgehead atoms. The summed E-state index contributed by atoms with van der Waals surface area (Å²) in [5.41, 5.74) is 0.141. The normalized spacial score (nSPS) is 16.3. The lowest BCUT2D eigenvalue weighted by atomic mass is 10.2. The molecule has 1 aliphatic rings. The van der Waals surface area contributed by atoms with E-state index in [9.17, 15) is 14.5 Å². The summed E-state index contributed by atoms with van der Waals surface area (Å²) in [6, 6.07) is 3.44. The first-order valence-electron chi connectivity index (χ1n) is 6.28. The van der Waals surface area contributed by atoms with Crippen molar-refractivity contribution < 1.29 is 9.31 Å². The van der Waals surface area contributed by atoms with Gasteiger partial charge in [0.2, 0.25) is 0 Å². The van der Waals surface area contributed by atoms with Gasteiger partial charge < -0.3 is 10.6 Å². The van der Waals surface area contributed by atoms with Crippen molar-refractivity contribution >= 4 is 11.4 Å². The topological polar surface area (TPSA) is 70.4 Å². The molecule has 1 saturated heterocycles. The summed E-state index contributed by atoms with van der Waals surface area (Å²) in [5, 5.41) is 17.0. The van der Waals surface area contributed by atoms with Crippen molar-refractivity contribution in [2.24, 2.45) is 0 Å². The van der Waals surface area contributed by atoms with E-state index in [1.807, 2.05) is 0 Å². The van der Waals surface area contributed by atoms with Gasteiger partial charge in [-0.25, -0.2) is 4.39 Å². The van der Waals surface area contributed by atoms with Crippen LogP contribution in [0.3, 0.4) is 0 Å². The first-order valence-corrected chi connectivity index (χ1v) is 6.28. The molecule has 1 aromatic rings. The van der Waals surface area contributed by atoms with Crippen LogP contribution in [0.2, 0.25) is 0 Å². The molecule has 1 aromatic carbocycles. The van der Waals surface area contributed by atoms with Crippen LogP contribution in [0.15, 0.2) is 18.2 Å². The molecule has 0 saturated carbocycles. The summed E-state index contributed by atoms with van der Waals surface area (Å²) in [4.78, 5) is 12.6. The van der Waals surface area contributed by atoms with Crippen molar-refractivity contribution in [1.29, 1.82) is 0 Å². The van der Waals surface area contributed by atoms with Crippen molar-refractivity contribution in [1.82, 2.24) is 10.2 Å². The lowest BCUT2D eigenvalue weighted by Crippen LogP contribution is -2.45. The smallest absolute Gasteiger partial charge is 0.292 e. The number of hydrogen-bond donors (Lipinski definition) is 2. The monoisotopic (exact) mass is 268 g/mol. The number of rotatable bonds is 5. The first kappa shape index (κ1) is 13.7. The van der Waals surface area contributed by atoms with E-state index in [4.69, 9.17) is 0 Å². The van der Waals surface area contributed by atoms with E-state index in [1.54, 1.807) is 0 Å². The molecule has 0 amide bonds. The molecule has 7 heteroatoms. The summed E-state index contributed by atoms with van der Waals surface area (Å²) in [6.07, 6.45) is 0. The summed E-state index contributed by atoms with van der Waals surface area (Å²) in [6.45, 7) is 5.19. The van der Waals surface area contributed by atoms with Crippen molar-refractivity contribution in [2.75, 3.05) is 44.6 Å². The Kier molecular flexibility index (Phi) is 4.64. The van der Waals surface area contributed by atoms with Crippen molar-refractivity contribution in [3.05, 3.63) is 34.1 Å². The number of nitrogens with zero attached hydrogens (tertiary/aromatic N) is 2. The molecule has 0 aliphatic carbocycles. The van der Waals surface area contributed by atoms with E-state index in [0.29, 0.717) is 6.54 Å². The highest BCUT2D eigenvalue weighted by Gasteiger charge is 2.14. The molecule has 0 spiro atoms. The van der Waals surface area contributed by atoms with Gasteiger partial charge in [-0.3, -0.25) is 15.0 Å². The van der Waals surface area contributed by atoms with Gasteiger partial charge in [0.25, 0.3) is 5.69 Å². The maximum atomic E-state index is 13.1. The molecular weight excluding hydrogens is 251 g/mol. The summed E-state index contributed by atoms with van der Waals surface area (Å²) < 4.78 is 13.1. The van der Waals surface area contributed by atoms with E-state index in [2.05, 4.69) is 15.5 Å². The summed E-state index contributed by atoms with van der Waals surface area (Å²) in [7, 11) is 0. The van der Waals surface area contributed by atoms with Crippen LogP contribution < -0.4 is 10.6 Å². The van der Waals surface area contributed by atoms with Crippen LogP contribution in [0, 0.1) is 15.9 Å². The maximum Gasteiger partial charge on any atom is 0.292 e. The Balaban J connectivity index is 1.91. The molecular formula is C12H17FN4O2. The quantitative estimate of drug-likeness (QED) is 0.617. The lowest BCUT2D eigenvalue weighted by molar-refractivity contribution is -0.384. The maximum absolute atomic E-state index is 13.1. The highest BCUT2D eigenvalue weighted by molar-refractivity contribution is 5.61. The number of piperazine rings is 1. The number of nitrogens with one attached hydrogen (secondary N) is 2. The second kappa shape index (κ2) is 6.44.